The molecule has 4 aliphatic carbocycles. The second-order valence-electron chi connectivity index (χ2n) is 5.39. The maximum absolute atomic E-state index is 11.3. The van der Waals surface area contributed by atoms with Crippen LogP contribution in [0.15, 0.2) is 0 Å². The Hall–Kier alpha value is -0.0500. The molecule has 4 rings (SSSR count). The number of rotatable bonds is 1. The number of carboxylic acids is 1. The van der Waals surface area contributed by atoms with Crippen molar-refractivity contribution in [3.63, 3.8) is 0 Å². The van der Waals surface area contributed by atoms with Crippen molar-refractivity contribution in [2.24, 2.45) is 22.7 Å². The van der Waals surface area contributed by atoms with Crippen LogP contribution in [0, 0.1) is 22.7 Å². The number of carbonyl (C=O) groups is 1. The molecule has 0 heterocycles. The van der Waals surface area contributed by atoms with E-state index in [1.165, 1.54) is 0 Å². The molecule has 2 unspecified atom stereocenters. The van der Waals surface area contributed by atoms with Gasteiger partial charge in [-0.25, -0.2) is 0 Å². The highest BCUT2D eigenvalue weighted by molar-refractivity contribution is 9.10. The smallest absolute Gasteiger partial charge is 0.310 e. The van der Waals surface area contributed by atoms with Crippen molar-refractivity contribution in [3.05, 3.63) is 0 Å². The van der Waals surface area contributed by atoms with E-state index in [0.29, 0.717) is 11.8 Å². The SMILES string of the molecule is CC1(C)C2(Br)CC3C(C2)C31C(=O)O. The third kappa shape index (κ3) is 0.515. The van der Waals surface area contributed by atoms with Gasteiger partial charge in [0, 0.05) is 4.32 Å². The molecular formula is C10H13BrO2. The number of aliphatic carboxylic acids is 1. The van der Waals surface area contributed by atoms with Crippen LogP contribution < -0.4 is 0 Å². The molecule has 0 aromatic rings. The van der Waals surface area contributed by atoms with E-state index in [1.807, 2.05) is 0 Å². The fraction of sp³-hybridized carbons (Fsp3) is 0.900. The topological polar surface area (TPSA) is 37.3 Å². The molecule has 3 heteroatoms. The van der Waals surface area contributed by atoms with Gasteiger partial charge in [0.25, 0.3) is 0 Å². The minimum absolute atomic E-state index is 0.0683. The van der Waals surface area contributed by atoms with E-state index in [4.69, 9.17) is 0 Å². The summed E-state index contributed by atoms with van der Waals surface area (Å²) in [5.41, 5.74) is -0.447. The molecule has 4 saturated carbocycles. The van der Waals surface area contributed by atoms with E-state index in [0.717, 1.165) is 12.8 Å². The predicted octanol–water partition coefficient (Wildman–Crippen LogP) is 2.27. The largest absolute Gasteiger partial charge is 0.481 e. The highest BCUT2D eigenvalue weighted by Crippen LogP contribution is 2.89. The Kier molecular flexibility index (Phi) is 1.09. The zero-order valence-electron chi connectivity index (χ0n) is 7.80. The fourth-order valence-corrected chi connectivity index (χ4v) is 5.34. The maximum Gasteiger partial charge on any atom is 0.310 e. The Morgan fingerprint density at radius 3 is 2.00 bits per heavy atom. The third-order valence-corrected chi connectivity index (χ3v) is 6.78. The lowest BCUT2D eigenvalue weighted by Crippen LogP contribution is -2.38. The Morgan fingerprint density at radius 2 is 1.85 bits per heavy atom. The quantitative estimate of drug-likeness (QED) is 0.719. The Bertz CT molecular complexity index is 309. The van der Waals surface area contributed by atoms with E-state index in [9.17, 15) is 9.90 Å². The first kappa shape index (κ1) is 8.27. The van der Waals surface area contributed by atoms with Crippen LogP contribution in [-0.2, 0) is 4.79 Å². The number of halogens is 1. The van der Waals surface area contributed by atoms with Gasteiger partial charge in [0.15, 0.2) is 0 Å². The van der Waals surface area contributed by atoms with Gasteiger partial charge in [-0.2, -0.15) is 0 Å². The predicted molar refractivity (Wildman–Crippen MR) is 51.7 cm³/mol. The summed E-state index contributed by atoms with van der Waals surface area (Å²) in [4.78, 5) is 11.3. The standard InChI is InChI=1S/C10H13BrO2/c1-8(2)9(11)3-5-6(4-9)10(5,8)7(12)13/h5-6H,3-4H2,1-2H3,(H,12,13). The molecule has 0 aromatic heterocycles. The Morgan fingerprint density at radius 1 is 1.38 bits per heavy atom. The average molecular weight is 245 g/mol. The van der Waals surface area contributed by atoms with Gasteiger partial charge >= 0.3 is 5.97 Å². The van der Waals surface area contributed by atoms with Crippen molar-refractivity contribution in [2.45, 2.75) is 31.0 Å². The molecule has 2 atom stereocenters. The lowest BCUT2D eigenvalue weighted by Gasteiger charge is -2.35. The highest BCUT2D eigenvalue weighted by atomic mass is 79.9. The van der Waals surface area contributed by atoms with Crippen molar-refractivity contribution in [1.29, 1.82) is 0 Å². The summed E-state index contributed by atoms with van der Waals surface area (Å²) in [6, 6.07) is 0. The fourth-order valence-electron chi connectivity index (χ4n) is 4.32. The van der Waals surface area contributed by atoms with Crippen LogP contribution in [0.1, 0.15) is 26.7 Å². The highest BCUT2D eigenvalue weighted by Gasteiger charge is 2.90. The van der Waals surface area contributed by atoms with Crippen LogP contribution in [0.25, 0.3) is 0 Å². The summed E-state index contributed by atoms with van der Waals surface area (Å²) in [5, 5.41) is 9.34. The molecule has 0 aliphatic heterocycles. The Labute approximate surface area is 85.8 Å². The minimum atomic E-state index is -0.564. The van der Waals surface area contributed by atoms with E-state index >= 15 is 0 Å². The van der Waals surface area contributed by atoms with Crippen LogP contribution in [0.4, 0.5) is 0 Å². The molecule has 0 aromatic carbocycles. The van der Waals surface area contributed by atoms with E-state index in [2.05, 4.69) is 29.8 Å². The van der Waals surface area contributed by atoms with Crippen LogP contribution in [0.5, 0.6) is 0 Å². The molecular weight excluding hydrogens is 232 g/mol. The van der Waals surface area contributed by atoms with Gasteiger partial charge in [0.1, 0.15) is 0 Å². The summed E-state index contributed by atoms with van der Waals surface area (Å²) in [5.74, 6) is 0.352. The van der Waals surface area contributed by atoms with E-state index in [-0.39, 0.29) is 15.2 Å². The number of hydrogen-bond donors (Lipinski definition) is 1. The summed E-state index contributed by atoms with van der Waals surface area (Å²) >= 11 is 3.77. The van der Waals surface area contributed by atoms with Crippen LogP contribution in [-0.4, -0.2) is 15.4 Å². The van der Waals surface area contributed by atoms with Crippen molar-refractivity contribution >= 4 is 21.9 Å². The molecule has 4 bridgehead atoms. The first-order valence-electron chi connectivity index (χ1n) is 4.80. The summed E-state index contributed by atoms with van der Waals surface area (Å²) in [7, 11) is 0. The number of carboxylic acid groups (broad SMARTS) is 1. The molecule has 72 valence electrons. The lowest BCUT2D eigenvalue weighted by atomic mass is 9.75. The van der Waals surface area contributed by atoms with Crippen molar-refractivity contribution in [2.75, 3.05) is 0 Å². The zero-order valence-corrected chi connectivity index (χ0v) is 9.39. The van der Waals surface area contributed by atoms with Crippen LogP contribution in [0.3, 0.4) is 0 Å². The van der Waals surface area contributed by atoms with Gasteiger partial charge in [-0.1, -0.05) is 29.8 Å². The molecule has 2 nitrogen and oxygen atoms in total. The van der Waals surface area contributed by atoms with Crippen LogP contribution >= 0.6 is 15.9 Å². The van der Waals surface area contributed by atoms with Crippen molar-refractivity contribution < 1.29 is 9.90 Å². The molecule has 0 saturated heterocycles. The number of alkyl halides is 1. The third-order valence-electron chi connectivity index (χ3n) is 5.14. The first-order chi connectivity index (χ1) is 5.88. The van der Waals surface area contributed by atoms with Gasteiger partial charge in [-0.15, -0.1) is 0 Å². The molecule has 4 aliphatic rings. The molecule has 4 fully saturated rings. The normalized spacial score (nSPS) is 59.6. The number of hydrogen-bond acceptors (Lipinski definition) is 1. The summed E-state index contributed by atoms with van der Waals surface area (Å²) in [6.07, 6.45) is 2.13. The Balaban J connectivity index is 2.19. The molecule has 0 radical (unpaired) electrons. The van der Waals surface area contributed by atoms with Crippen molar-refractivity contribution in [3.8, 4) is 0 Å². The summed E-state index contributed by atoms with van der Waals surface area (Å²) in [6.45, 7) is 4.23. The van der Waals surface area contributed by atoms with Crippen molar-refractivity contribution in [1.82, 2.24) is 0 Å². The minimum Gasteiger partial charge on any atom is -0.481 e. The molecule has 0 amide bonds. The second kappa shape index (κ2) is 1.71. The van der Waals surface area contributed by atoms with Gasteiger partial charge < -0.3 is 5.11 Å². The van der Waals surface area contributed by atoms with E-state index < -0.39 is 5.97 Å². The van der Waals surface area contributed by atoms with Gasteiger partial charge in [-0.05, 0) is 30.1 Å². The van der Waals surface area contributed by atoms with Crippen LogP contribution in [0.2, 0.25) is 0 Å². The lowest BCUT2D eigenvalue weighted by molar-refractivity contribution is -0.147. The zero-order chi connectivity index (χ0) is 9.65. The molecule has 1 N–H and O–H groups in total. The maximum atomic E-state index is 11.3. The average Bonchev–Trinajstić information content (AvgIpc) is 2.24. The summed E-state index contributed by atoms with van der Waals surface area (Å²) < 4.78 is 0.119. The second-order valence-corrected chi connectivity index (χ2v) is 6.90. The van der Waals surface area contributed by atoms with E-state index in [1.54, 1.807) is 0 Å². The first-order valence-corrected chi connectivity index (χ1v) is 5.59. The molecule has 13 heavy (non-hydrogen) atoms. The molecule has 0 spiro atoms. The van der Waals surface area contributed by atoms with Gasteiger partial charge in [0.05, 0.1) is 5.41 Å². The van der Waals surface area contributed by atoms with Gasteiger partial charge in [0.2, 0.25) is 0 Å². The monoisotopic (exact) mass is 244 g/mol. The van der Waals surface area contributed by atoms with Gasteiger partial charge in [-0.3, -0.25) is 4.79 Å².